The predicted octanol–water partition coefficient (Wildman–Crippen LogP) is 4.65. The number of pyridine rings is 1. The number of benzene rings is 1. The van der Waals surface area contributed by atoms with E-state index in [1.165, 1.54) is 38.8 Å². The van der Waals surface area contributed by atoms with Gasteiger partial charge in [0.05, 0.1) is 34.7 Å². The fourth-order valence-corrected chi connectivity index (χ4v) is 5.54. The first-order chi connectivity index (χ1) is 18.5. The van der Waals surface area contributed by atoms with Crippen LogP contribution in [0.1, 0.15) is 48.5 Å². The van der Waals surface area contributed by atoms with Crippen LogP contribution in [0.25, 0.3) is 0 Å². The van der Waals surface area contributed by atoms with E-state index in [0.717, 1.165) is 36.1 Å². The molecule has 0 bridgehead atoms. The summed E-state index contributed by atoms with van der Waals surface area (Å²) in [5.41, 5.74) is 2.11. The molecule has 0 spiro atoms. The van der Waals surface area contributed by atoms with Crippen molar-refractivity contribution in [1.82, 2.24) is 23.6 Å². The molecule has 202 valence electrons. The fraction of sp³-hybridized carbons (Fsp3) is 0.444. The maximum atomic E-state index is 12.7. The van der Waals surface area contributed by atoms with Crippen LogP contribution in [-0.4, -0.2) is 63.3 Å². The number of amides is 1. The number of hydrogen-bond donors (Lipinski definition) is 5. The van der Waals surface area contributed by atoms with Gasteiger partial charge in [-0.15, -0.1) is 0 Å². The van der Waals surface area contributed by atoms with E-state index in [-0.39, 0.29) is 11.7 Å². The van der Waals surface area contributed by atoms with Gasteiger partial charge in [-0.2, -0.15) is 5.10 Å². The molecule has 3 aromatic rings. The number of nitrogens with zero attached hydrogens (tertiary/aromatic N) is 4. The Balaban J connectivity index is 1.20. The topological polar surface area (TPSA) is 121 Å². The Hall–Kier alpha value is -3.06. The van der Waals surface area contributed by atoms with E-state index in [1.54, 1.807) is 18.3 Å². The predicted molar refractivity (Wildman–Crippen MR) is 158 cm³/mol. The smallest absolute Gasteiger partial charge is 0.267 e. The maximum absolute atomic E-state index is 12.7. The Labute approximate surface area is 237 Å². The zero-order valence-electron chi connectivity index (χ0n) is 21.6. The van der Waals surface area contributed by atoms with Gasteiger partial charge in [-0.1, -0.05) is 19.1 Å². The van der Waals surface area contributed by atoms with Crippen LogP contribution < -0.4 is 19.1 Å². The van der Waals surface area contributed by atoms with Crippen molar-refractivity contribution in [2.24, 2.45) is 5.92 Å². The number of likely N-dealkylation sites (tertiary alicyclic amines) is 1. The second kappa shape index (κ2) is 12.2. The third-order valence-electron chi connectivity index (χ3n) is 7.62. The van der Waals surface area contributed by atoms with E-state index >= 15 is 0 Å². The maximum Gasteiger partial charge on any atom is 0.267 e. The molecule has 0 unspecified atom stereocenters. The lowest BCUT2D eigenvalue weighted by Crippen LogP contribution is -2.47. The number of halogens is 1. The molecule has 0 atom stereocenters. The van der Waals surface area contributed by atoms with Crippen LogP contribution in [0.4, 0.5) is 23.1 Å². The Morgan fingerprint density at radius 3 is 2.47 bits per heavy atom. The molecule has 38 heavy (non-hydrogen) atoms. The van der Waals surface area contributed by atoms with Crippen molar-refractivity contribution < 1.29 is 9.90 Å². The summed E-state index contributed by atoms with van der Waals surface area (Å²) in [5, 5.41) is 23.2. The number of nitrogens with one attached hydrogen (secondary N) is 4. The van der Waals surface area contributed by atoms with Crippen LogP contribution in [0, 0.1) is 5.92 Å². The first-order valence-corrected chi connectivity index (χ1v) is 14.3. The standard InChI is InChI=1S/C27H35IN8O2/c1-18-8-12-35(13-9-18)21-10-14-36(15-11-21)23-7-4-20(17-29-23)31-26-24(27(38)32-28)25(33-34-26)30-16-19-2-5-22(37)6-3-19/h2-7,17-18,21,37H,8-16H2,1H3,(H,32,38)(H3,30,31,33,34). The normalized spacial score (nSPS) is 17.4. The van der Waals surface area contributed by atoms with E-state index in [4.69, 9.17) is 4.98 Å². The number of aromatic amines is 1. The van der Waals surface area contributed by atoms with E-state index in [9.17, 15) is 9.90 Å². The van der Waals surface area contributed by atoms with Gasteiger partial charge in [0.1, 0.15) is 22.9 Å². The van der Waals surface area contributed by atoms with Crippen molar-refractivity contribution in [1.29, 1.82) is 0 Å². The minimum atomic E-state index is -0.273. The number of phenols is 1. The average molecular weight is 631 g/mol. The SMILES string of the molecule is CC1CCN(C2CCN(c3ccc(Nc4[nH]nc(NCc5ccc(O)cc5)c4C(=O)NI)cn3)CC2)CC1. The second-order valence-electron chi connectivity index (χ2n) is 10.2. The number of carbonyl (C=O) groups is 1. The van der Waals surface area contributed by atoms with Crippen molar-refractivity contribution in [3.8, 4) is 5.75 Å². The van der Waals surface area contributed by atoms with Crippen LogP contribution in [0.5, 0.6) is 5.75 Å². The highest BCUT2D eigenvalue weighted by molar-refractivity contribution is 14.1. The molecule has 2 aliphatic rings. The lowest BCUT2D eigenvalue weighted by molar-refractivity contribution is 0.0991. The number of rotatable bonds is 8. The molecule has 10 nitrogen and oxygen atoms in total. The molecule has 1 amide bonds. The van der Waals surface area contributed by atoms with Crippen molar-refractivity contribution >= 4 is 51.9 Å². The quantitative estimate of drug-likeness (QED) is 0.180. The number of aromatic hydroxyl groups is 1. The molecule has 2 fully saturated rings. The number of anilines is 4. The molecule has 5 rings (SSSR count). The first-order valence-electron chi connectivity index (χ1n) is 13.2. The van der Waals surface area contributed by atoms with Gasteiger partial charge < -0.3 is 25.5 Å². The summed E-state index contributed by atoms with van der Waals surface area (Å²) in [6, 6.07) is 11.6. The summed E-state index contributed by atoms with van der Waals surface area (Å²) in [7, 11) is 0. The van der Waals surface area contributed by atoms with Crippen LogP contribution in [0.3, 0.4) is 0 Å². The molecule has 5 N–H and O–H groups in total. The second-order valence-corrected chi connectivity index (χ2v) is 10.8. The summed E-state index contributed by atoms with van der Waals surface area (Å²) < 4.78 is 2.65. The van der Waals surface area contributed by atoms with E-state index in [2.05, 4.69) is 41.1 Å². The Morgan fingerprint density at radius 2 is 1.82 bits per heavy atom. The molecule has 2 aromatic heterocycles. The van der Waals surface area contributed by atoms with Gasteiger partial charge in [0, 0.05) is 25.7 Å². The number of carbonyl (C=O) groups excluding carboxylic acids is 1. The molecule has 0 aliphatic carbocycles. The summed E-state index contributed by atoms with van der Waals surface area (Å²) >= 11 is 1.82. The van der Waals surface area contributed by atoms with E-state index in [1.807, 2.05) is 47.1 Å². The Bertz CT molecular complexity index is 1200. The van der Waals surface area contributed by atoms with Crippen LogP contribution in [0.2, 0.25) is 0 Å². The van der Waals surface area contributed by atoms with Crippen LogP contribution in [-0.2, 0) is 6.54 Å². The summed E-state index contributed by atoms with van der Waals surface area (Å²) in [4.78, 5) is 22.4. The Kier molecular flexibility index (Phi) is 8.52. The molecule has 11 heteroatoms. The zero-order valence-corrected chi connectivity index (χ0v) is 23.7. The number of aromatic nitrogens is 3. The highest BCUT2D eigenvalue weighted by Gasteiger charge is 2.27. The number of piperidine rings is 2. The van der Waals surface area contributed by atoms with Gasteiger partial charge in [-0.3, -0.25) is 13.4 Å². The minimum Gasteiger partial charge on any atom is -0.508 e. The molecule has 2 aliphatic heterocycles. The monoisotopic (exact) mass is 630 g/mol. The summed E-state index contributed by atoms with van der Waals surface area (Å²) in [5.74, 6) is 2.70. The lowest BCUT2D eigenvalue weighted by Gasteiger charge is -2.41. The highest BCUT2D eigenvalue weighted by Crippen LogP contribution is 2.28. The Morgan fingerprint density at radius 1 is 1.08 bits per heavy atom. The first kappa shape index (κ1) is 26.5. The van der Waals surface area contributed by atoms with Gasteiger partial charge >= 0.3 is 0 Å². The molecule has 0 radical (unpaired) electrons. The van der Waals surface area contributed by atoms with Crippen LogP contribution in [0.15, 0.2) is 42.6 Å². The van der Waals surface area contributed by atoms with Crippen molar-refractivity contribution in [2.75, 3.05) is 41.7 Å². The number of H-pyrrole nitrogens is 1. The largest absolute Gasteiger partial charge is 0.508 e. The van der Waals surface area contributed by atoms with Crippen molar-refractivity contribution in [3.63, 3.8) is 0 Å². The lowest BCUT2D eigenvalue weighted by atomic mass is 9.95. The highest BCUT2D eigenvalue weighted by atomic mass is 127. The van der Waals surface area contributed by atoms with Crippen LogP contribution >= 0.6 is 22.9 Å². The van der Waals surface area contributed by atoms with Gasteiger partial charge in [0.2, 0.25) is 0 Å². The van der Waals surface area contributed by atoms with Gasteiger partial charge in [0.25, 0.3) is 5.91 Å². The van der Waals surface area contributed by atoms with E-state index in [0.29, 0.717) is 29.8 Å². The minimum absolute atomic E-state index is 0.209. The van der Waals surface area contributed by atoms with Gasteiger partial charge in [-0.25, -0.2) is 4.98 Å². The molecule has 2 saturated heterocycles. The molecule has 0 saturated carbocycles. The average Bonchev–Trinajstić information content (AvgIpc) is 3.35. The summed E-state index contributed by atoms with van der Waals surface area (Å²) in [6.07, 6.45) is 6.80. The molecular weight excluding hydrogens is 595 g/mol. The van der Waals surface area contributed by atoms with Gasteiger partial charge in [0.15, 0.2) is 5.82 Å². The summed E-state index contributed by atoms with van der Waals surface area (Å²) in [6.45, 7) is 7.34. The fourth-order valence-electron chi connectivity index (χ4n) is 5.27. The zero-order chi connectivity index (χ0) is 26.5. The van der Waals surface area contributed by atoms with E-state index < -0.39 is 0 Å². The van der Waals surface area contributed by atoms with Crippen molar-refractivity contribution in [3.05, 3.63) is 53.7 Å². The third-order valence-corrected chi connectivity index (χ3v) is 8.11. The molecule has 4 heterocycles. The number of hydrogen-bond acceptors (Lipinski definition) is 8. The van der Waals surface area contributed by atoms with Gasteiger partial charge in [-0.05, 0) is 74.5 Å². The molecular formula is C27H35IN8O2. The number of phenolic OH excluding ortho intramolecular Hbond substituents is 1. The molecule has 1 aromatic carbocycles. The van der Waals surface area contributed by atoms with Crippen molar-refractivity contribution in [2.45, 2.75) is 45.2 Å². The third kappa shape index (κ3) is 6.32.